The van der Waals surface area contributed by atoms with Crippen LogP contribution in [0.15, 0.2) is 23.3 Å². The number of carbonyl (C=O) groups is 3. The molecule has 1 fully saturated rings. The highest BCUT2D eigenvalue weighted by Crippen LogP contribution is 2.25. The lowest BCUT2D eigenvalue weighted by molar-refractivity contribution is -0.271. The van der Waals surface area contributed by atoms with E-state index in [4.69, 9.17) is 18.9 Å². The minimum absolute atomic E-state index is 0.185. The first-order valence-electron chi connectivity index (χ1n) is 10.3. The molecule has 9 nitrogen and oxygen atoms in total. The third-order valence-electron chi connectivity index (χ3n) is 4.58. The van der Waals surface area contributed by atoms with Crippen LogP contribution in [0.5, 0.6) is 0 Å². The third-order valence-corrected chi connectivity index (χ3v) is 4.58. The van der Waals surface area contributed by atoms with Crippen molar-refractivity contribution in [1.29, 1.82) is 0 Å². The fourth-order valence-electron chi connectivity index (χ4n) is 3.09. The van der Waals surface area contributed by atoms with E-state index in [1.54, 1.807) is 0 Å². The van der Waals surface area contributed by atoms with E-state index in [0.29, 0.717) is 0 Å². The fraction of sp³-hybridized carbons (Fsp3) is 0.682. The van der Waals surface area contributed by atoms with Crippen LogP contribution in [0.3, 0.4) is 0 Å². The zero-order valence-corrected chi connectivity index (χ0v) is 19.2. The molecule has 1 saturated heterocycles. The summed E-state index contributed by atoms with van der Waals surface area (Å²) >= 11 is 0. The van der Waals surface area contributed by atoms with Gasteiger partial charge in [0.1, 0.15) is 24.9 Å². The normalized spacial score (nSPS) is 26.0. The van der Waals surface area contributed by atoms with Crippen molar-refractivity contribution in [2.24, 2.45) is 0 Å². The maximum atomic E-state index is 11.7. The van der Waals surface area contributed by atoms with Crippen LogP contribution in [-0.2, 0) is 33.3 Å². The molecule has 31 heavy (non-hydrogen) atoms. The fourth-order valence-corrected chi connectivity index (χ4v) is 3.09. The van der Waals surface area contributed by atoms with E-state index in [1.807, 2.05) is 26.8 Å². The van der Waals surface area contributed by atoms with Gasteiger partial charge in [0.25, 0.3) is 0 Å². The Morgan fingerprint density at radius 2 is 1.71 bits per heavy atom. The van der Waals surface area contributed by atoms with E-state index in [-0.39, 0.29) is 13.2 Å². The number of hydrogen-bond acceptors (Lipinski definition) is 8. The molecule has 0 spiro atoms. The Bertz CT molecular complexity index is 683. The number of aliphatic hydroxyl groups excluding tert-OH is 1. The molecular weight excluding hydrogens is 406 g/mol. The minimum atomic E-state index is -1.33. The van der Waals surface area contributed by atoms with Crippen molar-refractivity contribution in [2.45, 2.75) is 85.0 Å². The molecule has 0 aromatic carbocycles. The third kappa shape index (κ3) is 10.1. The topological polar surface area (TPSA) is 120 Å². The second-order valence-corrected chi connectivity index (χ2v) is 7.84. The van der Waals surface area contributed by atoms with Gasteiger partial charge in [0.05, 0.1) is 6.61 Å². The number of nitrogens with one attached hydrogen (secondary N) is 1. The van der Waals surface area contributed by atoms with Gasteiger partial charge >= 0.3 is 11.9 Å². The number of aliphatic hydroxyl groups is 1. The monoisotopic (exact) mass is 441 g/mol. The Balaban J connectivity index is 2.95. The Morgan fingerprint density at radius 3 is 2.26 bits per heavy atom. The first kappa shape index (κ1) is 26.8. The van der Waals surface area contributed by atoms with Crippen molar-refractivity contribution >= 4 is 17.8 Å². The summed E-state index contributed by atoms with van der Waals surface area (Å²) in [6.07, 6.45) is 1.36. The largest absolute Gasteiger partial charge is 0.463 e. The summed E-state index contributed by atoms with van der Waals surface area (Å²) in [5.41, 5.74) is 2.38. The highest BCUT2D eigenvalue weighted by atomic mass is 16.7. The average molecular weight is 442 g/mol. The molecular formula is C22H35NO8. The predicted octanol–water partition coefficient (Wildman–Crippen LogP) is 1.78. The Hall–Kier alpha value is -2.23. The molecule has 176 valence electrons. The number of carbonyl (C=O) groups excluding carboxylic acids is 3. The van der Waals surface area contributed by atoms with Gasteiger partial charge in [-0.1, -0.05) is 23.3 Å². The highest BCUT2D eigenvalue weighted by Gasteiger charge is 2.48. The van der Waals surface area contributed by atoms with E-state index in [0.717, 1.165) is 18.4 Å². The molecule has 0 aromatic heterocycles. The van der Waals surface area contributed by atoms with Gasteiger partial charge in [-0.2, -0.15) is 0 Å². The molecule has 0 saturated carbocycles. The number of ether oxygens (including phenoxy) is 4. The van der Waals surface area contributed by atoms with Gasteiger partial charge in [0, 0.05) is 20.8 Å². The Kier molecular flexibility index (Phi) is 11.4. The van der Waals surface area contributed by atoms with E-state index < -0.39 is 48.5 Å². The van der Waals surface area contributed by atoms with Crippen molar-refractivity contribution in [3.05, 3.63) is 23.3 Å². The first-order chi connectivity index (χ1) is 14.5. The quantitative estimate of drug-likeness (QED) is 0.389. The maximum Gasteiger partial charge on any atom is 0.303 e. The zero-order chi connectivity index (χ0) is 23.6. The number of rotatable bonds is 10. The average Bonchev–Trinajstić information content (AvgIpc) is 2.64. The SMILES string of the molecule is CC(=O)NC1C(OC(C)=O)[C@H](O)C(COC(C)=O)O[C@H]1OC/C=C(\C)CCC=C(C)C. The molecule has 5 atom stereocenters. The second-order valence-electron chi connectivity index (χ2n) is 7.84. The molecule has 0 radical (unpaired) electrons. The van der Waals surface area contributed by atoms with Gasteiger partial charge in [-0.15, -0.1) is 0 Å². The van der Waals surface area contributed by atoms with Crippen LogP contribution in [0.4, 0.5) is 0 Å². The van der Waals surface area contributed by atoms with Crippen molar-refractivity contribution < 1.29 is 38.4 Å². The van der Waals surface area contributed by atoms with E-state index >= 15 is 0 Å². The van der Waals surface area contributed by atoms with Crippen molar-refractivity contribution in [2.75, 3.05) is 13.2 Å². The van der Waals surface area contributed by atoms with E-state index in [1.165, 1.54) is 26.3 Å². The number of amides is 1. The standard InChI is InChI=1S/C22H35NO8/c1-13(2)8-7-9-14(3)10-11-28-22-19(23-15(4)24)21(30-17(6)26)20(27)18(31-22)12-29-16(5)25/h8,10,18-22,27H,7,9,11-12H2,1-6H3,(H,23,24)/b14-10+/t18?,19?,20-,21?,22-/m1/s1. The summed E-state index contributed by atoms with van der Waals surface area (Å²) in [7, 11) is 0. The predicted molar refractivity (Wildman–Crippen MR) is 113 cm³/mol. The summed E-state index contributed by atoms with van der Waals surface area (Å²) < 4.78 is 21.8. The van der Waals surface area contributed by atoms with Crippen LogP contribution in [0.1, 0.15) is 54.4 Å². The smallest absolute Gasteiger partial charge is 0.303 e. The van der Waals surface area contributed by atoms with Crippen molar-refractivity contribution in [1.82, 2.24) is 5.32 Å². The zero-order valence-electron chi connectivity index (χ0n) is 19.2. The number of esters is 2. The molecule has 1 heterocycles. The maximum absolute atomic E-state index is 11.7. The molecule has 0 bridgehead atoms. The molecule has 0 aliphatic carbocycles. The molecule has 1 amide bonds. The molecule has 9 heteroatoms. The lowest BCUT2D eigenvalue weighted by Gasteiger charge is -2.43. The highest BCUT2D eigenvalue weighted by molar-refractivity contribution is 5.73. The van der Waals surface area contributed by atoms with Gasteiger partial charge in [0.2, 0.25) is 5.91 Å². The van der Waals surface area contributed by atoms with Gasteiger partial charge in [-0.3, -0.25) is 14.4 Å². The van der Waals surface area contributed by atoms with Gasteiger partial charge in [-0.05, 0) is 33.6 Å². The first-order valence-corrected chi connectivity index (χ1v) is 10.3. The lowest BCUT2D eigenvalue weighted by atomic mass is 9.96. The van der Waals surface area contributed by atoms with Crippen molar-refractivity contribution in [3.63, 3.8) is 0 Å². The van der Waals surface area contributed by atoms with Crippen LogP contribution in [0, 0.1) is 0 Å². The molecule has 1 aliphatic heterocycles. The molecule has 0 aromatic rings. The van der Waals surface area contributed by atoms with Crippen molar-refractivity contribution in [3.8, 4) is 0 Å². The summed E-state index contributed by atoms with van der Waals surface area (Å²) in [6, 6.07) is -0.940. The van der Waals surface area contributed by atoms with Crippen LogP contribution in [0.2, 0.25) is 0 Å². The summed E-state index contributed by atoms with van der Waals surface area (Å²) in [6.45, 7) is 9.74. The Morgan fingerprint density at radius 1 is 1.03 bits per heavy atom. The molecule has 3 unspecified atom stereocenters. The Labute approximate surface area is 183 Å². The van der Waals surface area contributed by atoms with Gasteiger partial charge < -0.3 is 29.4 Å². The van der Waals surface area contributed by atoms with Gasteiger partial charge in [0.15, 0.2) is 12.4 Å². The van der Waals surface area contributed by atoms with Gasteiger partial charge in [-0.25, -0.2) is 0 Å². The van der Waals surface area contributed by atoms with Crippen LogP contribution in [0.25, 0.3) is 0 Å². The minimum Gasteiger partial charge on any atom is -0.463 e. The number of allylic oxidation sites excluding steroid dienone is 3. The molecule has 2 N–H and O–H groups in total. The van der Waals surface area contributed by atoms with Crippen LogP contribution >= 0.6 is 0 Å². The lowest BCUT2D eigenvalue weighted by Crippen LogP contribution is -2.65. The summed E-state index contributed by atoms with van der Waals surface area (Å²) in [5, 5.41) is 13.3. The van der Waals surface area contributed by atoms with E-state index in [9.17, 15) is 19.5 Å². The van der Waals surface area contributed by atoms with Crippen LogP contribution < -0.4 is 5.32 Å². The number of hydrogen-bond donors (Lipinski definition) is 2. The molecule has 1 aliphatic rings. The molecule has 1 rings (SSSR count). The summed E-state index contributed by atoms with van der Waals surface area (Å²) in [4.78, 5) is 34.5. The van der Waals surface area contributed by atoms with Crippen LogP contribution in [-0.4, -0.2) is 66.8 Å². The second kappa shape index (κ2) is 13.2. The summed E-state index contributed by atoms with van der Waals surface area (Å²) in [5.74, 6) is -1.59. The van der Waals surface area contributed by atoms with E-state index in [2.05, 4.69) is 11.4 Å².